The lowest BCUT2D eigenvalue weighted by molar-refractivity contribution is -0.0900. The molecule has 2 N–H and O–H groups in total. The van der Waals surface area contributed by atoms with E-state index >= 15 is 0 Å². The minimum Gasteiger partial charge on any atom is -0.491 e. The van der Waals surface area contributed by atoms with Gasteiger partial charge in [0.25, 0.3) is 0 Å². The summed E-state index contributed by atoms with van der Waals surface area (Å²) in [5.41, 5.74) is 3.93. The van der Waals surface area contributed by atoms with Crippen LogP contribution in [0.4, 0.5) is 0 Å². The van der Waals surface area contributed by atoms with Gasteiger partial charge in [0.15, 0.2) is 5.82 Å². The van der Waals surface area contributed by atoms with Crippen molar-refractivity contribution in [3.63, 3.8) is 0 Å². The Morgan fingerprint density at radius 1 is 1.26 bits per heavy atom. The Bertz CT molecular complexity index is 1160. The summed E-state index contributed by atoms with van der Waals surface area (Å²) in [6, 6.07) is 7.37. The summed E-state index contributed by atoms with van der Waals surface area (Å²) in [6.45, 7) is 6.53. The van der Waals surface area contributed by atoms with Gasteiger partial charge in [-0.1, -0.05) is 16.8 Å². The van der Waals surface area contributed by atoms with Crippen molar-refractivity contribution in [1.82, 2.24) is 20.4 Å². The van der Waals surface area contributed by atoms with Gasteiger partial charge in [-0.15, -0.1) is 0 Å². The van der Waals surface area contributed by atoms with Crippen molar-refractivity contribution in [3.8, 4) is 28.4 Å². The minimum atomic E-state index is -0.620. The zero-order chi connectivity index (χ0) is 25.2. The molecule has 8 nitrogen and oxygen atoms in total. The lowest BCUT2D eigenvalue weighted by atomic mass is 9.70. The third-order valence-electron chi connectivity index (χ3n) is 6.56. The van der Waals surface area contributed by atoms with Crippen LogP contribution in [0.2, 0.25) is 5.02 Å². The molecule has 35 heavy (non-hydrogen) atoms. The second-order valence-electron chi connectivity index (χ2n) is 9.56. The number of aliphatic hydroxyl groups is 1. The number of halogens is 1. The van der Waals surface area contributed by atoms with E-state index in [1.165, 1.54) is 0 Å². The highest BCUT2D eigenvalue weighted by Crippen LogP contribution is 2.42. The molecular formula is C26H33ClN4O4. The molecular weight excluding hydrogens is 468 g/mol. The second kappa shape index (κ2) is 10.6. The third kappa shape index (κ3) is 5.83. The first kappa shape index (κ1) is 25.6. The van der Waals surface area contributed by atoms with Crippen LogP contribution in [0, 0.1) is 19.8 Å². The lowest BCUT2D eigenvalue weighted by Gasteiger charge is -2.44. The van der Waals surface area contributed by atoms with Crippen molar-refractivity contribution in [2.75, 3.05) is 27.3 Å². The fourth-order valence-electron chi connectivity index (χ4n) is 4.72. The number of aliphatic hydroxyl groups excluding tert-OH is 1. The quantitative estimate of drug-likeness (QED) is 0.422. The van der Waals surface area contributed by atoms with E-state index in [0.717, 1.165) is 41.9 Å². The predicted molar refractivity (Wildman–Crippen MR) is 135 cm³/mol. The molecule has 0 bridgehead atoms. The number of ether oxygens (including phenoxy) is 2. The highest BCUT2D eigenvalue weighted by atomic mass is 35.5. The second-order valence-corrected chi connectivity index (χ2v) is 9.97. The van der Waals surface area contributed by atoms with E-state index in [9.17, 15) is 5.11 Å². The lowest BCUT2D eigenvalue weighted by Crippen LogP contribution is -2.43. The topological polar surface area (TPSA) is 103 Å². The Hall–Kier alpha value is -2.52. The summed E-state index contributed by atoms with van der Waals surface area (Å²) in [5, 5.41) is 17.5. The molecule has 1 aromatic carbocycles. The average Bonchev–Trinajstić information content (AvgIpc) is 3.15. The van der Waals surface area contributed by atoms with Gasteiger partial charge in [-0.3, -0.25) is 0 Å². The normalized spacial score (nSPS) is 20.5. The number of hydrogen-bond donors (Lipinski definition) is 2. The van der Waals surface area contributed by atoms with Crippen LogP contribution < -0.4 is 10.1 Å². The molecule has 188 valence electrons. The number of aryl methyl sites for hydroxylation is 2. The summed E-state index contributed by atoms with van der Waals surface area (Å²) >= 11 is 6.59. The molecule has 0 saturated heterocycles. The maximum atomic E-state index is 9.99. The molecule has 0 unspecified atom stereocenters. The van der Waals surface area contributed by atoms with Crippen LogP contribution in [0.25, 0.3) is 22.6 Å². The first-order valence-electron chi connectivity index (χ1n) is 11.8. The van der Waals surface area contributed by atoms with E-state index in [-0.39, 0.29) is 12.2 Å². The number of hydrogen-bond acceptors (Lipinski definition) is 8. The molecule has 3 aromatic rings. The van der Waals surface area contributed by atoms with Crippen LogP contribution in [0.5, 0.6) is 5.75 Å². The van der Waals surface area contributed by atoms with E-state index < -0.39 is 6.10 Å². The molecule has 2 aromatic heterocycles. The van der Waals surface area contributed by atoms with E-state index in [2.05, 4.69) is 17.4 Å². The van der Waals surface area contributed by atoms with Crippen molar-refractivity contribution >= 4 is 11.6 Å². The molecule has 4 rings (SSSR count). The van der Waals surface area contributed by atoms with Crippen molar-refractivity contribution in [3.05, 3.63) is 46.4 Å². The maximum Gasteiger partial charge on any atom is 0.161 e. The highest BCUT2D eigenvalue weighted by Gasteiger charge is 2.40. The van der Waals surface area contributed by atoms with Crippen LogP contribution in [-0.2, 0) is 11.2 Å². The van der Waals surface area contributed by atoms with Crippen LogP contribution in [-0.4, -0.2) is 59.2 Å². The smallest absolute Gasteiger partial charge is 0.161 e. The molecule has 2 heterocycles. The molecule has 1 fully saturated rings. The number of nitrogens with one attached hydrogen (secondary N) is 1. The predicted octanol–water partition coefficient (Wildman–Crippen LogP) is 4.39. The third-order valence-corrected chi connectivity index (χ3v) is 6.89. The van der Waals surface area contributed by atoms with E-state index in [1.807, 2.05) is 26.0 Å². The Balaban J connectivity index is 1.68. The van der Waals surface area contributed by atoms with E-state index in [1.54, 1.807) is 26.3 Å². The number of methoxy groups -OCH3 is 1. The summed E-state index contributed by atoms with van der Waals surface area (Å²) in [7, 11) is 3.55. The van der Waals surface area contributed by atoms with Gasteiger partial charge < -0.3 is 24.4 Å². The highest BCUT2D eigenvalue weighted by molar-refractivity contribution is 6.33. The van der Waals surface area contributed by atoms with Crippen LogP contribution in [0.15, 0.2) is 28.8 Å². The molecule has 1 aliphatic carbocycles. The van der Waals surface area contributed by atoms with Crippen LogP contribution in [0.1, 0.15) is 36.9 Å². The standard InChI is InChI=1S/C26H33ClN4O4/c1-15-24(16(2)35-31-15)23-9-18(8-17-11-26(3,12-17)33-5)29-25(30-23)21-10-20(6-7-22(21)27)34-14-19(32)13-28-4/h6-7,9-10,17,19,28,32H,8,11-14H2,1-5H3/t17?,19-,26?/m1/s1. The molecule has 0 aliphatic heterocycles. The summed E-state index contributed by atoms with van der Waals surface area (Å²) in [4.78, 5) is 9.75. The SMILES string of the molecule is CNC[C@@H](O)COc1ccc(Cl)c(-c2nc(CC3CC(C)(OC)C3)cc(-c3c(C)noc3C)n2)c1. The van der Waals surface area contributed by atoms with Gasteiger partial charge in [-0.25, -0.2) is 9.97 Å². The number of aromatic nitrogens is 3. The fourth-order valence-corrected chi connectivity index (χ4v) is 4.92. The van der Waals surface area contributed by atoms with Crippen molar-refractivity contribution < 1.29 is 19.1 Å². The summed E-state index contributed by atoms with van der Waals surface area (Å²) in [5.74, 6) is 2.29. The number of rotatable bonds is 10. The first-order chi connectivity index (χ1) is 16.7. The van der Waals surface area contributed by atoms with Gasteiger partial charge in [-0.2, -0.15) is 0 Å². The zero-order valence-electron chi connectivity index (χ0n) is 20.9. The van der Waals surface area contributed by atoms with E-state index in [0.29, 0.717) is 40.4 Å². The Morgan fingerprint density at radius 3 is 2.69 bits per heavy atom. The summed E-state index contributed by atoms with van der Waals surface area (Å²) < 4.78 is 16.8. The van der Waals surface area contributed by atoms with Gasteiger partial charge in [0, 0.05) is 24.9 Å². The molecule has 0 amide bonds. The van der Waals surface area contributed by atoms with Gasteiger partial charge in [0.1, 0.15) is 24.2 Å². The largest absolute Gasteiger partial charge is 0.491 e. The van der Waals surface area contributed by atoms with Gasteiger partial charge >= 0.3 is 0 Å². The first-order valence-corrected chi connectivity index (χ1v) is 12.2. The minimum absolute atomic E-state index is 0.0577. The van der Waals surface area contributed by atoms with Crippen molar-refractivity contribution in [2.24, 2.45) is 5.92 Å². The monoisotopic (exact) mass is 500 g/mol. The molecule has 0 radical (unpaired) electrons. The fraction of sp³-hybridized carbons (Fsp3) is 0.500. The summed E-state index contributed by atoms with van der Waals surface area (Å²) in [6.07, 6.45) is 2.17. The van der Waals surface area contributed by atoms with Crippen molar-refractivity contribution in [2.45, 2.75) is 51.7 Å². The molecule has 9 heteroatoms. The maximum absolute atomic E-state index is 9.99. The number of nitrogens with zero attached hydrogens (tertiary/aromatic N) is 3. The zero-order valence-corrected chi connectivity index (χ0v) is 21.6. The molecule has 0 spiro atoms. The van der Waals surface area contributed by atoms with Crippen molar-refractivity contribution in [1.29, 1.82) is 0 Å². The number of benzene rings is 1. The number of likely N-dealkylation sites (N-methyl/N-ethyl adjacent to an activating group) is 1. The molecule has 1 saturated carbocycles. The molecule has 1 atom stereocenters. The van der Waals surface area contributed by atoms with Crippen LogP contribution in [0.3, 0.4) is 0 Å². The molecule has 1 aliphatic rings. The Labute approximate surface area is 211 Å². The van der Waals surface area contributed by atoms with Gasteiger partial charge in [0.05, 0.1) is 27.6 Å². The van der Waals surface area contributed by atoms with E-state index in [4.69, 9.17) is 35.6 Å². The Morgan fingerprint density at radius 2 is 2.03 bits per heavy atom. The Kier molecular flexibility index (Phi) is 7.76. The van der Waals surface area contributed by atoms with Gasteiger partial charge in [0.2, 0.25) is 0 Å². The van der Waals surface area contributed by atoms with Crippen LogP contribution >= 0.6 is 11.6 Å². The average molecular weight is 501 g/mol. The van der Waals surface area contributed by atoms with Gasteiger partial charge in [-0.05, 0) is 77.3 Å².